The van der Waals surface area contributed by atoms with Gasteiger partial charge in [-0.05, 0) is 24.8 Å². The van der Waals surface area contributed by atoms with Gasteiger partial charge in [-0.3, -0.25) is 0 Å². The molecule has 2 rings (SSSR count). The van der Waals surface area contributed by atoms with Crippen LogP contribution in [0.4, 0.5) is 8.78 Å². The number of hydrogen-bond acceptors (Lipinski definition) is 2. The van der Waals surface area contributed by atoms with E-state index in [1.807, 2.05) is 0 Å². The Balaban J connectivity index is 2.45. The van der Waals surface area contributed by atoms with Crippen LogP contribution in [0.15, 0.2) is 18.2 Å². The lowest BCUT2D eigenvalue weighted by molar-refractivity contribution is 0.136. The maximum absolute atomic E-state index is 14.6. The zero-order valence-electron chi connectivity index (χ0n) is 9.17. The van der Waals surface area contributed by atoms with E-state index >= 15 is 0 Å². The highest BCUT2D eigenvalue weighted by Crippen LogP contribution is 2.49. The van der Waals surface area contributed by atoms with Crippen LogP contribution in [0.5, 0.6) is 5.75 Å². The normalized spacial score (nSPS) is 19.2. The molecule has 0 saturated heterocycles. The summed E-state index contributed by atoms with van der Waals surface area (Å²) in [6.45, 7) is -0.193. The number of benzene rings is 1. The van der Waals surface area contributed by atoms with E-state index in [0.29, 0.717) is 0 Å². The molecule has 2 N–H and O–H groups in total. The first-order chi connectivity index (χ1) is 7.63. The molecule has 0 aliphatic heterocycles. The largest absolute Gasteiger partial charge is 0.494 e. The van der Waals surface area contributed by atoms with Crippen molar-refractivity contribution in [2.75, 3.05) is 13.7 Å². The Hall–Kier alpha value is -1.16. The van der Waals surface area contributed by atoms with Crippen molar-refractivity contribution in [3.63, 3.8) is 0 Å². The van der Waals surface area contributed by atoms with Crippen LogP contribution in [-0.2, 0) is 5.67 Å². The zero-order chi connectivity index (χ0) is 11.8. The van der Waals surface area contributed by atoms with E-state index in [-0.39, 0.29) is 23.8 Å². The van der Waals surface area contributed by atoms with Gasteiger partial charge in [-0.2, -0.15) is 0 Å². The smallest absolute Gasteiger partial charge is 0.171 e. The van der Waals surface area contributed by atoms with E-state index in [1.165, 1.54) is 19.2 Å². The molecule has 0 bridgehead atoms. The van der Waals surface area contributed by atoms with Crippen LogP contribution in [-0.4, -0.2) is 13.7 Å². The van der Waals surface area contributed by atoms with Gasteiger partial charge in [0.05, 0.1) is 7.11 Å². The second kappa shape index (κ2) is 4.01. The molecule has 0 heterocycles. The Morgan fingerprint density at radius 2 is 2.19 bits per heavy atom. The maximum Gasteiger partial charge on any atom is 0.171 e. The number of methoxy groups -OCH3 is 1. The van der Waals surface area contributed by atoms with Gasteiger partial charge in [-0.15, -0.1) is 0 Å². The van der Waals surface area contributed by atoms with Crippen molar-refractivity contribution in [3.05, 3.63) is 29.6 Å². The summed E-state index contributed by atoms with van der Waals surface area (Å²) in [5.74, 6) is -0.724. The van der Waals surface area contributed by atoms with E-state index in [9.17, 15) is 8.78 Å². The van der Waals surface area contributed by atoms with Gasteiger partial charge in [0.1, 0.15) is 0 Å². The van der Waals surface area contributed by atoms with E-state index in [2.05, 4.69) is 0 Å². The molecular formula is C12H15F2NO. The van der Waals surface area contributed by atoms with Gasteiger partial charge in [0.15, 0.2) is 17.2 Å². The monoisotopic (exact) mass is 227 g/mol. The van der Waals surface area contributed by atoms with Gasteiger partial charge in [0.25, 0.3) is 0 Å². The number of alkyl halides is 1. The molecule has 1 unspecified atom stereocenters. The predicted octanol–water partition coefficient (Wildman–Crippen LogP) is 2.37. The first-order valence-electron chi connectivity index (χ1n) is 5.35. The molecule has 16 heavy (non-hydrogen) atoms. The van der Waals surface area contributed by atoms with E-state index in [0.717, 1.165) is 12.8 Å². The van der Waals surface area contributed by atoms with Crippen molar-refractivity contribution in [2.45, 2.75) is 18.5 Å². The molecule has 1 aromatic rings. The zero-order valence-corrected chi connectivity index (χ0v) is 9.17. The maximum atomic E-state index is 14.6. The quantitative estimate of drug-likeness (QED) is 0.857. The van der Waals surface area contributed by atoms with Gasteiger partial charge in [0, 0.05) is 12.1 Å². The fourth-order valence-electron chi connectivity index (χ4n) is 2.03. The van der Waals surface area contributed by atoms with Crippen molar-refractivity contribution >= 4 is 0 Å². The summed E-state index contributed by atoms with van der Waals surface area (Å²) in [7, 11) is 1.36. The molecule has 2 nitrogen and oxygen atoms in total. The topological polar surface area (TPSA) is 35.2 Å². The Morgan fingerprint density at radius 3 is 2.69 bits per heavy atom. The molecule has 1 fully saturated rings. The SMILES string of the molecule is COc1cccc(C(F)(CN)C2CC2)c1F. The summed E-state index contributed by atoms with van der Waals surface area (Å²) >= 11 is 0. The highest BCUT2D eigenvalue weighted by atomic mass is 19.1. The lowest BCUT2D eigenvalue weighted by atomic mass is 9.90. The molecule has 0 aromatic heterocycles. The summed E-state index contributed by atoms with van der Waals surface area (Å²) in [6.07, 6.45) is 1.54. The third-order valence-corrected chi connectivity index (χ3v) is 3.15. The average Bonchev–Trinajstić information content (AvgIpc) is 3.12. The van der Waals surface area contributed by atoms with Crippen LogP contribution in [0, 0.1) is 11.7 Å². The molecule has 0 radical (unpaired) electrons. The number of rotatable bonds is 4. The van der Waals surface area contributed by atoms with Crippen LogP contribution in [0.25, 0.3) is 0 Å². The lowest BCUT2D eigenvalue weighted by Crippen LogP contribution is -2.33. The van der Waals surface area contributed by atoms with Crippen molar-refractivity contribution < 1.29 is 13.5 Å². The molecule has 1 saturated carbocycles. The fourth-order valence-corrected chi connectivity index (χ4v) is 2.03. The summed E-state index contributed by atoms with van der Waals surface area (Å²) < 4.78 is 33.4. The van der Waals surface area contributed by atoms with Crippen molar-refractivity contribution in [2.24, 2.45) is 11.7 Å². The van der Waals surface area contributed by atoms with Crippen LogP contribution in [0.2, 0.25) is 0 Å². The fraction of sp³-hybridized carbons (Fsp3) is 0.500. The second-order valence-corrected chi connectivity index (χ2v) is 4.16. The Bertz CT molecular complexity index is 393. The molecule has 0 amide bonds. The van der Waals surface area contributed by atoms with Crippen LogP contribution >= 0.6 is 0 Å². The number of nitrogens with two attached hydrogens (primary N) is 1. The second-order valence-electron chi connectivity index (χ2n) is 4.16. The van der Waals surface area contributed by atoms with Crippen LogP contribution in [0.1, 0.15) is 18.4 Å². The predicted molar refractivity (Wildman–Crippen MR) is 57.5 cm³/mol. The number of hydrogen-bond donors (Lipinski definition) is 1. The molecule has 1 aliphatic carbocycles. The molecular weight excluding hydrogens is 212 g/mol. The van der Waals surface area contributed by atoms with Crippen molar-refractivity contribution in [1.82, 2.24) is 0 Å². The standard InChI is InChI=1S/C12H15F2NO/c1-16-10-4-2-3-9(11(10)13)12(14,7-15)8-5-6-8/h2-4,8H,5-7,15H2,1H3. The Labute approximate surface area is 93.4 Å². The van der Waals surface area contributed by atoms with Gasteiger partial charge in [0.2, 0.25) is 0 Å². The average molecular weight is 227 g/mol. The Morgan fingerprint density at radius 1 is 1.50 bits per heavy atom. The molecule has 0 spiro atoms. The minimum absolute atomic E-state index is 0.0249. The Kier molecular flexibility index (Phi) is 2.84. The van der Waals surface area contributed by atoms with E-state index < -0.39 is 11.5 Å². The van der Waals surface area contributed by atoms with Crippen molar-refractivity contribution in [1.29, 1.82) is 0 Å². The van der Waals surface area contributed by atoms with Crippen LogP contribution < -0.4 is 10.5 Å². The van der Waals surface area contributed by atoms with Gasteiger partial charge < -0.3 is 10.5 Å². The summed E-state index contributed by atoms with van der Waals surface area (Å²) in [6, 6.07) is 4.51. The van der Waals surface area contributed by atoms with Crippen LogP contribution in [0.3, 0.4) is 0 Å². The number of halogens is 2. The van der Waals surface area contributed by atoms with Gasteiger partial charge >= 0.3 is 0 Å². The summed E-state index contributed by atoms with van der Waals surface area (Å²) in [5.41, 5.74) is 3.73. The third kappa shape index (κ3) is 1.67. The minimum atomic E-state index is -1.75. The van der Waals surface area contributed by atoms with E-state index in [4.69, 9.17) is 10.5 Å². The lowest BCUT2D eigenvalue weighted by Gasteiger charge is -2.25. The molecule has 4 heteroatoms. The van der Waals surface area contributed by atoms with Gasteiger partial charge in [-0.25, -0.2) is 8.78 Å². The minimum Gasteiger partial charge on any atom is -0.494 e. The summed E-state index contributed by atoms with van der Waals surface area (Å²) in [5, 5.41) is 0. The highest BCUT2D eigenvalue weighted by molar-refractivity contribution is 5.36. The number of ether oxygens (including phenoxy) is 1. The first kappa shape index (κ1) is 11.3. The third-order valence-electron chi connectivity index (χ3n) is 3.15. The highest BCUT2D eigenvalue weighted by Gasteiger charge is 2.48. The first-order valence-corrected chi connectivity index (χ1v) is 5.35. The molecule has 1 aliphatic rings. The summed E-state index contributed by atoms with van der Waals surface area (Å²) in [4.78, 5) is 0. The van der Waals surface area contributed by atoms with E-state index in [1.54, 1.807) is 6.07 Å². The molecule has 1 aromatic carbocycles. The van der Waals surface area contributed by atoms with Crippen molar-refractivity contribution in [3.8, 4) is 5.75 Å². The van der Waals surface area contributed by atoms with Gasteiger partial charge in [-0.1, -0.05) is 12.1 Å². The molecule has 1 atom stereocenters. The molecule has 88 valence electrons.